The van der Waals surface area contributed by atoms with Crippen molar-refractivity contribution in [2.24, 2.45) is 0 Å². The summed E-state index contributed by atoms with van der Waals surface area (Å²) in [6, 6.07) is 9.73. The molecule has 1 amide bonds. The third-order valence-corrected chi connectivity index (χ3v) is 6.74. The van der Waals surface area contributed by atoms with Crippen molar-refractivity contribution in [1.29, 1.82) is 0 Å². The minimum Gasteiger partial charge on any atom is -0.444 e. The second-order valence-electron chi connectivity index (χ2n) is 8.82. The highest BCUT2D eigenvalue weighted by molar-refractivity contribution is 7.90. The van der Waals surface area contributed by atoms with E-state index in [2.05, 4.69) is 4.98 Å². The highest BCUT2D eigenvalue weighted by atomic mass is 32.2. The van der Waals surface area contributed by atoms with Crippen LogP contribution in [0, 0.1) is 0 Å². The van der Waals surface area contributed by atoms with Crippen molar-refractivity contribution in [1.82, 2.24) is 13.9 Å². The summed E-state index contributed by atoms with van der Waals surface area (Å²) in [5.74, 6) is 0. The largest absolute Gasteiger partial charge is 0.444 e. The fourth-order valence-corrected chi connectivity index (χ4v) is 4.72. The van der Waals surface area contributed by atoms with Gasteiger partial charge in [0, 0.05) is 24.7 Å². The predicted octanol–water partition coefficient (Wildman–Crippen LogP) is 3.85. The van der Waals surface area contributed by atoms with Gasteiger partial charge in [0.15, 0.2) is 5.65 Å². The quantitative estimate of drug-likeness (QED) is 0.577. The molecule has 0 radical (unpaired) electrons. The van der Waals surface area contributed by atoms with E-state index in [0.717, 1.165) is 29.9 Å². The van der Waals surface area contributed by atoms with Crippen LogP contribution in [-0.2, 0) is 14.8 Å². The van der Waals surface area contributed by atoms with Crippen molar-refractivity contribution in [2.75, 3.05) is 24.6 Å². The Kier molecular flexibility index (Phi) is 7.16. The zero-order valence-corrected chi connectivity index (χ0v) is 20.0. The van der Waals surface area contributed by atoms with Crippen LogP contribution in [0.1, 0.15) is 40.0 Å². The highest BCUT2D eigenvalue weighted by Gasteiger charge is 2.23. The van der Waals surface area contributed by atoms with Crippen LogP contribution < -0.4 is 11.5 Å². The Morgan fingerprint density at radius 3 is 2.27 bits per heavy atom. The molecule has 10 heteroatoms. The van der Waals surface area contributed by atoms with E-state index in [9.17, 15) is 13.2 Å². The number of nitrogens with two attached hydrogens (primary N) is 2. The molecule has 3 heterocycles. The van der Waals surface area contributed by atoms with Crippen LogP contribution in [0.25, 0.3) is 11.0 Å². The van der Waals surface area contributed by atoms with Crippen LogP contribution in [0.5, 0.6) is 0 Å². The molecule has 1 fully saturated rings. The van der Waals surface area contributed by atoms with Crippen LogP contribution in [0.15, 0.2) is 53.7 Å². The molecule has 4 rings (SSSR count). The highest BCUT2D eigenvalue weighted by Crippen LogP contribution is 2.27. The number of hydrogen-bond donors (Lipinski definition) is 2. The lowest BCUT2D eigenvalue weighted by Gasteiger charge is -2.29. The number of likely N-dealkylation sites (tertiary alicyclic amines) is 1. The van der Waals surface area contributed by atoms with Crippen LogP contribution in [0.4, 0.5) is 16.2 Å². The molecule has 0 saturated carbocycles. The molecule has 4 N–H and O–H groups in total. The van der Waals surface area contributed by atoms with Gasteiger partial charge in [-0.1, -0.05) is 18.2 Å². The number of rotatable bonds is 2. The molecule has 0 atom stereocenters. The van der Waals surface area contributed by atoms with Gasteiger partial charge in [-0.3, -0.25) is 0 Å². The Bertz CT molecular complexity index is 1210. The molecular formula is C23H31N5O4S. The molecule has 2 aromatic heterocycles. The van der Waals surface area contributed by atoms with Gasteiger partial charge in [0.2, 0.25) is 0 Å². The smallest absolute Gasteiger partial charge is 0.410 e. The van der Waals surface area contributed by atoms with Crippen molar-refractivity contribution in [3.8, 4) is 0 Å². The van der Waals surface area contributed by atoms with Gasteiger partial charge in [-0.15, -0.1) is 0 Å². The number of pyridine rings is 1. The maximum absolute atomic E-state index is 12.6. The molecular weight excluding hydrogens is 442 g/mol. The fourth-order valence-electron chi connectivity index (χ4n) is 3.40. The first-order valence-electron chi connectivity index (χ1n) is 10.8. The maximum Gasteiger partial charge on any atom is 0.410 e. The number of amides is 1. The Labute approximate surface area is 194 Å². The third kappa shape index (κ3) is 5.75. The van der Waals surface area contributed by atoms with Crippen molar-refractivity contribution in [2.45, 2.75) is 50.5 Å². The summed E-state index contributed by atoms with van der Waals surface area (Å²) in [5, 5.41) is 0.518. The topological polar surface area (TPSA) is 134 Å². The fraction of sp³-hybridized carbons (Fsp3) is 0.391. The van der Waals surface area contributed by atoms with Crippen LogP contribution in [0.3, 0.4) is 0 Å². The number of benzene rings is 1. The molecule has 9 nitrogen and oxygen atoms in total. The lowest BCUT2D eigenvalue weighted by atomic mass is 10.1. The zero-order valence-electron chi connectivity index (χ0n) is 19.2. The molecule has 178 valence electrons. The minimum absolute atomic E-state index is 0.160. The first-order valence-corrected chi connectivity index (χ1v) is 12.2. The minimum atomic E-state index is -3.69. The average Bonchev–Trinajstić information content (AvgIpc) is 3.23. The summed E-state index contributed by atoms with van der Waals surface area (Å²) in [6.07, 6.45) is 6.08. The number of nitrogens with zero attached hydrogens (tertiary/aromatic N) is 3. The lowest BCUT2D eigenvalue weighted by molar-refractivity contribution is 0.0216. The molecule has 3 aromatic rings. The van der Waals surface area contributed by atoms with E-state index in [4.69, 9.17) is 16.2 Å². The summed E-state index contributed by atoms with van der Waals surface area (Å²) in [5.41, 5.74) is 12.1. The Morgan fingerprint density at radius 1 is 1.03 bits per heavy atom. The second-order valence-corrected chi connectivity index (χ2v) is 10.6. The van der Waals surface area contributed by atoms with Crippen LogP contribution in [-0.4, -0.2) is 47.1 Å². The van der Waals surface area contributed by atoms with Crippen LogP contribution in [0.2, 0.25) is 0 Å². The number of fused-ring (bicyclic) bond motifs is 1. The number of aromatic nitrogens is 2. The lowest BCUT2D eigenvalue weighted by Crippen LogP contribution is -2.39. The molecule has 0 spiro atoms. The average molecular weight is 474 g/mol. The third-order valence-electron chi connectivity index (χ3n) is 5.06. The molecule has 33 heavy (non-hydrogen) atoms. The van der Waals surface area contributed by atoms with Gasteiger partial charge < -0.3 is 21.1 Å². The van der Waals surface area contributed by atoms with Gasteiger partial charge in [-0.25, -0.2) is 22.2 Å². The molecule has 1 aliphatic rings. The van der Waals surface area contributed by atoms with E-state index < -0.39 is 10.0 Å². The van der Waals surface area contributed by atoms with E-state index in [1.165, 1.54) is 30.9 Å². The first-order chi connectivity index (χ1) is 15.5. The molecule has 1 aromatic carbocycles. The summed E-state index contributed by atoms with van der Waals surface area (Å²) in [4.78, 5) is 17.6. The summed E-state index contributed by atoms with van der Waals surface area (Å²) >= 11 is 0. The van der Waals surface area contributed by atoms with E-state index in [-0.39, 0.29) is 22.2 Å². The van der Waals surface area contributed by atoms with Crippen molar-refractivity contribution in [3.05, 3.63) is 48.8 Å². The van der Waals surface area contributed by atoms with Gasteiger partial charge >= 0.3 is 6.09 Å². The second kappa shape index (κ2) is 9.70. The van der Waals surface area contributed by atoms with Gasteiger partial charge in [0.25, 0.3) is 10.0 Å². The predicted molar refractivity (Wildman–Crippen MR) is 129 cm³/mol. The van der Waals surface area contributed by atoms with Gasteiger partial charge in [-0.2, -0.15) is 0 Å². The Balaban J connectivity index is 0.000000205. The van der Waals surface area contributed by atoms with E-state index in [1.54, 1.807) is 29.2 Å². The number of nitrogen functional groups attached to an aromatic ring is 2. The summed E-state index contributed by atoms with van der Waals surface area (Å²) in [6.45, 7) is 7.41. The molecule has 0 unspecified atom stereocenters. The van der Waals surface area contributed by atoms with Gasteiger partial charge in [-0.05, 0) is 58.2 Å². The molecule has 0 aliphatic carbocycles. The van der Waals surface area contributed by atoms with E-state index in [0.29, 0.717) is 16.8 Å². The first kappa shape index (κ1) is 24.4. The standard InChI is InChI=1S/C13H12N4O2S.C10H19NO2/c14-11-8-16-13-10(12(11)15)6-7-17(13)20(18,19)9-4-2-1-3-5-9;1-10(2,3)13-9(12)11-7-5-4-6-8-11/h1-8H,14H2,(H2,15,16);4-8H2,1-3H3. The maximum atomic E-state index is 12.6. The summed E-state index contributed by atoms with van der Waals surface area (Å²) in [7, 11) is -3.69. The molecule has 1 aliphatic heterocycles. The normalized spacial score (nSPS) is 14.5. The SMILES string of the molecule is CC(C)(C)OC(=O)N1CCCCC1.Nc1cnc2c(ccn2S(=O)(=O)c2ccccc2)c1N. The zero-order chi connectivity index (χ0) is 24.2. The Hall–Kier alpha value is -3.27. The van der Waals surface area contributed by atoms with Crippen molar-refractivity contribution >= 4 is 38.5 Å². The number of ether oxygens (including phenoxy) is 1. The molecule has 0 bridgehead atoms. The summed E-state index contributed by atoms with van der Waals surface area (Å²) < 4.78 is 31.5. The number of hydrogen-bond acceptors (Lipinski definition) is 7. The van der Waals surface area contributed by atoms with E-state index in [1.807, 2.05) is 20.8 Å². The number of carbonyl (C=O) groups is 1. The van der Waals surface area contributed by atoms with Crippen molar-refractivity contribution in [3.63, 3.8) is 0 Å². The Morgan fingerprint density at radius 2 is 1.67 bits per heavy atom. The van der Waals surface area contributed by atoms with Gasteiger partial charge in [0.05, 0.1) is 22.5 Å². The number of piperidine rings is 1. The molecule has 1 saturated heterocycles. The van der Waals surface area contributed by atoms with Crippen LogP contribution >= 0.6 is 0 Å². The van der Waals surface area contributed by atoms with E-state index >= 15 is 0 Å². The van der Waals surface area contributed by atoms with Gasteiger partial charge in [0.1, 0.15) is 5.60 Å². The van der Waals surface area contributed by atoms with Crippen molar-refractivity contribution < 1.29 is 17.9 Å². The monoisotopic (exact) mass is 473 g/mol. The number of carbonyl (C=O) groups excluding carboxylic acids is 1. The number of anilines is 2.